The van der Waals surface area contributed by atoms with E-state index in [1.54, 1.807) is 35.7 Å². The van der Waals surface area contributed by atoms with Crippen LogP contribution in [0, 0.1) is 0 Å². The lowest BCUT2D eigenvalue weighted by Gasteiger charge is -2.12. The fourth-order valence-electron chi connectivity index (χ4n) is 2.10. The first kappa shape index (κ1) is 15.3. The molecule has 2 N–H and O–H groups in total. The molecule has 1 aliphatic rings. The Kier molecular flexibility index (Phi) is 4.34. The highest BCUT2D eigenvalue weighted by Crippen LogP contribution is 2.34. The number of hydrogen-bond donors (Lipinski definition) is 2. The summed E-state index contributed by atoms with van der Waals surface area (Å²) in [5.41, 5.74) is 0.666. The van der Waals surface area contributed by atoms with Crippen LogP contribution in [0.3, 0.4) is 0 Å². The summed E-state index contributed by atoms with van der Waals surface area (Å²) in [6.07, 6.45) is -0.509. The minimum absolute atomic E-state index is 0.149. The number of rotatable bonds is 6. The molecule has 118 valence electrons. The van der Waals surface area contributed by atoms with E-state index in [1.165, 1.54) is 0 Å². The Morgan fingerprint density at radius 3 is 2.86 bits per heavy atom. The van der Waals surface area contributed by atoms with Crippen molar-refractivity contribution in [1.82, 2.24) is 4.72 Å². The summed E-state index contributed by atoms with van der Waals surface area (Å²) in [5, 5.41) is 11.9. The molecule has 0 saturated heterocycles. The first-order valence-electron chi connectivity index (χ1n) is 6.67. The minimum Gasteiger partial charge on any atom is -0.454 e. The number of aliphatic hydroxyl groups excluding tert-OH is 1. The lowest BCUT2D eigenvalue weighted by molar-refractivity contribution is 0.166. The number of hydrogen-bond acceptors (Lipinski definition) is 6. The molecule has 2 heterocycles. The molecule has 0 unspecified atom stereocenters. The van der Waals surface area contributed by atoms with E-state index in [0.29, 0.717) is 17.1 Å². The Hall–Kier alpha value is -1.61. The zero-order valence-corrected chi connectivity index (χ0v) is 13.2. The highest BCUT2D eigenvalue weighted by molar-refractivity contribution is 7.91. The van der Waals surface area contributed by atoms with Gasteiger partial charge in [-0.3, -0.25) is 0 Å². The maximum absolute atomic E-state index is 11.9. The molecule has 22 heavy (non-hydrogen) atoms. The van der Waals surface area contributed by atoms with Crippen molar-refractivity contribution in [2.75, 3.05) is 13.3 Å². The topological polar surface area (TPSA) is 84.9 Å². The predicted octanol–water partition coefficient (Wildman–Crippen LogP) is 1.88. The summed E-state index contributed by atoms with van der Waals surface area (Å²) in [5.74, 6) is 1.24. The number of thiophene rings is 1. The second-order valence-electron chi connectivity index (χ2n) is 4.75. The van der Waals surface area contributed by atoms with Gasteiger partial charge in [-0.05, 0) is 35.6 Å². The molecule has 6 nitrogen and oxygen atoms in total. The van der Waals surface area contributed by atoms with Gasteiger partial charge in [0.1, 0.15) is 4.21 Å². The van der Waals surface area contributed by atoms with Crippen molar-refractivity contribution in [3.8, 4) is 11.5 Å². The fourth-order valence-corrected chi connectivity index (χ4v) is 4.19. The van der Waals surface area contributed by atoms with E-state index in [1.807, 2.05) is 0 Å². The van der Waals surface area contributed by atoms with Crippen molar-refractivity contribution < 1.29 is 23.0 Å². The van der Waals surface area contributed by atoms with Crippen LogP contribution < -0.4 is 14.2 Å². The van der Waals surface area contributed by atoms with Crippen LogP contribution in [-0.2, 0) is 10.0 Å². The molecule has 1 aromatic carbocycles. The molecule has 0 saturated carbocycles. The molecular formula is C14H15NO5S2. The largest absolute Gasteiger partial charge is 0.454 e. The van der Waals surface area contributed by atoms with Gasteiger partial charge in [-0.1, -0.05) is 12.1 Å². The van der Waals surface area contributed by atoms with Gasteiger partial charge in [-0.15, -0.1) is 11.3 Å². The molecular weight excluding hydrogens is 326 g/mol. The monoisotopic (exact) mass is 341 g/mol. The van der Waals surface area contributed by atoms with Crippen LogP contribution in [-0.4, -0.2) is 26.9 Å². The van der Waals surface area contributed by atoms with Crippen LogP contribution >= 0.6 is 11.3 Å². The number of aliphatic hydroxyl groups is 1. The second-order valence-corrected chi connectivity index (χ2v) is 7.69. The quantitative estimate of drug-likeness (QED) is 0.838. The Morgan fingerprint density at radius 2 is 2.09 bits per heavy atom. The summed E-state index contributed by atoms with van der Waals surface area (Å²) in [6, 6.07) is 8.41. The fraction of sp³-hybridized carbons (Fsp3) is 0.286. The maximum atomic E-state index is 11.9. The van der Waals surface area contributed by atoms with Crippen molar-refractivity contribution in [2.45, 2.75) is 16.7 Å². The summed E-state index contributed by atoms with van der Waals surface area (Å²) in [6.45, 7) is 0.325. The molecule has 1 atom stereocenters. The first-order chi connectivity index (χ1) is 10.6. The van der Waals surface area contributed by atoms with E-state index >= 15 is 0 Å². The minimum atomic E-state index is -3.49. The van der Waals surface area contributed by atoms with Gasteiger partial charge in [0.05, 0.1) is 6.10 Å². The molecule has 0 radical (unpaired) electrons. The second kappa shape index (κ2) is 6.25. The Morgan fingerprint density at radius 1 is 1.27 bits per heavy atom. The van der Waals surface area contributed by atoms with Gasteiger partial charge in [-0.25, -0.2) is 13.1 Å². The molecule has 2 aromatic rings. The number of benzene rings is 1. The van der Waals surface area contributed by atoms with Crippen molar-refractivity contribution in [1.29, 1.82) is 0 Å². The smallest absolute Gasteiger partial charge is 0.250 e. The van der Waals surface area contributed by atoms with Crippen LogP contribution in [0.25, 0.3) is 0 Å². The SMILES string of the molecule is O=S(=O)(NCC[C@H](O)c1ccc2c(c1)OCO2)c1cccs1. The third-order valence-corrected chi connectivity index (χ3v) is 6.11. The highest BCUT2D eigenvalue weighted by Gasteiger charge is 2.18. The van der Waals surface area contributed by atoms with E-state index in [2.05, 4.69) is 4.72 Å². The zero-order chi connectivity index (χ0) is 15.6. The normalized spacial score (nSPS) is 15.0. The Labute approximate surface area is 132 Å². The van der Waals surface area contributed by atoms with E-state index in [4.69, 9.17) is 9.47 Å². The molecule has 8 heteroatoms. The number of sulfonamides is 1. The van der Waals surface area contributed by atoms with E-state index in [9.17, 15) is 13.5 Å². The average Bonchev–Trinajstić information content (AvgIpc) is 3.17. The molecule has 1 aliphatic heterocycles. The third-order valence-electron chi connectivity index (χ3n) is 3.25. The van der Waals surface area contributed by atoms with Gasteiger partial charge in [-0.2, -0.15) is 0 Å². The summed E-state index contributed by atoms with van der Waals surface area (Å²) in [7, 11) is -3.49. The molecule has 3 rings (SSSR count). The predicted molar refractivity (Wildman–Crippen MR) is 81.6 cm³/mol. The molecule has 0 fully saturated rings. The maximum Gasteiger partial charge on any atom is 0.250 e. The molecule has 0 aliphatic carbocycles. The van der Waals surface area contributed by atoms with Crippen molar-refractivity contribution in [3.05, 3.63) is 41.3 Å². The lowest BCUT2D eigenvalue weighted by Crippen LogP contribution is -2.25. The highest BCUT2D eigenvalue weighted by atomic mass is 32.2. The summed E-state index contributed by atoms with van der Waals surface area (Å²) < 4.78 is 37.1. The van der Waals surface area contributed by atoms with Crippen LogP contribution in [0.2, 0.25) is 0 Å². The molecule has 0 spiro atoms. The first-order valence-corrected chi connectivity index (χ1v) is 9.03. The average molecular weight is 341 g/mol. The number of ether oxygens (including phenoxy) is 2. The Balaban J connectivity index is 1.58. The Bertz CT molecular complexity index is 743. The van der Waals surface area contributed by atoms with Crippen LogP contribution in [0.4, 0.5) is 0 Å². The van der Waals surface area contributed by atoms with E-state index in [-0.39, 0.29) is 24.0 Å². The van der Waals surface area contributed by atoms with E-state index < -0.39 is 16.1 Å². The van der Waals surface area contributed by atoms with Gasteiger partial charge < -0.3 is 14.6 Å². The zero-order valence-electron chi connectivity index (χ0n) is 11.6. The standard InChI is InChI=1S/C14H15NO5S2/c16-11(10-3-4-12-13(8-10)20-9-19-12)5-6-15-22(17,18)14-2-1-7-21-14/h1-4,7-8,11,15-16H,5-6,9H2/t11-/m0/s1. The van der Waals surface area contributed by atoms with Crippen molar-refractivity contribution in [3.63, 3.8) is 0 Å². The van der Waals surface area contributed by atoms with Gasteiger partial charge >= 0.3 is 0 Å². The molecule has 1 aromatic heterocycles. The summed E-state index contributed by atoms with van der Waals surface area (Å²) >= 11 is 1.16. The molecule has 0 bridgehead atoms. The van der Waals surface area contributed by atoms with Gasteiger partial charge in [0.15, 0.2) is 11.5 Å². The number of fused-ring (bicyclic) bond motifs is 1. The van der Waals surface area contributed by atoms with Crippen LogP contribution in [0.5, 0.6) is 11.5 Å². The van der Waals surface area contributed by atoms with Gasteiger partial charge in [0.2, 0.25) is 16.8 Å². The summed E-state index contributed by atoms with van der Waals surface area (Å²) in [4.78, 5) is 0. The molecule has 0 amide bonds. The van der Waals surface area contributed by atoms with Crippen molar-refractivity contribution >= 4 is 21.4 Å². The lowest BCUT2D eigenvalue weighted by atomic mass is 10.1. The van der Waals surface area contributed by atoms with Crippen molar-refractivity contribution in [2.24, 2.45) is 0 Å². The third kappa shape index (κ3) is 3.25. The number of nitrogens with one attached hydrogen (secondary N) is 1. The van der Waals surface area contributed by atoms with Crippen LogP contribution in [0.15, 0.2) is 39.9 Å². The van der Waals surface area contributed by atoms with E-state index in [0.717, 1.165) is 11.3 Å². The van der Waals surface area contributed by atoms with Gasteiger partial charge in [0.25, 0.3) is 0 Å². The van der Waals surface area contributed by atoms with Gasteiger partial charge in [0, 0.05) is 6.54 Å². The van der Waals surface area contributed by atoms with Crippen LogP contribution in [0.1, 0.15) is 18.1 Å².